The van der Waals surface area contributed by atoms with Gasteiger partial charge < -0.3 is 9.84 Å². The molecular formula is C12H15FO3. The zero-order valence-corrected chi connectivity index (χ0v) is 9.58. The average Bonchev–Trinajstić information content (AvgIpc) is 2.21. The van der Waals surface area contributed by atoms with Gasteiger partial charge in [0.25, 0.3) is 0 Å². The van der Waals surface area contributed by atoms with Crippen LogP contribution in [0.3, 0.4) is 0 Å². The van der Waals surface area contributed by atoms with Crippen molar-refractivity contribution in [1.82, 2.24) is 0 Å². The van der Waals surface area contributed by atoms with Gasteiger partial charge in [-0.3, -0.25) is 4.79 Å². The lowest BCUT2D eigenvalue weighted by atomic mass is 9.94. The summed E-state index contributed by atoms with van der Waals surface area (Å²) >= 11 is 0. The van der Waals surface area contributed by atoms with Gasteiger partial charge in [0.1, 0.15) is 11.6 Å². The molecule has 88 valence electrons. The minimum Gasteiger partial charge on any atom is -0.496 e. The predicted molar refractivity (Wildman–Crippen MR) is 58.4 cm³/mol. The Bertz CT molecular complexity index is 401. The number of carboxylic acid groups (broad SMARTS) is 1. The summed E-state index contributed by atoms with van der Waals surface area (Å²) in [7, 11) is 1.41. The summed E-state index contributed by atoms with van der Waals surface area (Å²) < 4.78 is 18.8. The van der Waals surface area contributed by atoms with Crippen LogP contribution in [0.1, 0.15) is 30.4 Å². The van der Waals surface area contributed by atoms with Gasteiger partial charge in [-0.25, -0.2) is 4.39 Å². The monoisotopic (exact) mass is 226 g/mol. The van der Waals surface area contributed by atoms with Gasteiger partial charge in [0.2, 0.25) is 0 Å². The second-order valence-corrected chi connectivity index (χ2v) is 3.66. The smallest absolute Gasteiger partial charge is 0.311 e. The molecule has 0 aromatic heterocycles. The van der Waals surface area contributed by atoms with Crippen molar-refractivity contribution in [3.63, 3.8) is 0 Å². The molecule has 0 fully saturated rings. The van der Waals surface area contributed by atoms with Crippen molar-refractivity contribution in [1.29, 1.82) is 0 Å². The highest BCUT2D eigenvalue weighted by Gasteiger charge is 2.25. The van der Waals surface area contributed by atoms with Crippen LogP contribution in [0.4, 0.5) is 4.39 Å². The summed E-state index contributed by atoms with van der Waals surface area (Å²) in [6, 6.07) is 2.97. The van der Waals surface area contributed by atoms with Gasteiger partial charge in [-0.05, 0) is 31.0 Å². The molecule has 0 aliphatic heterocycles. The summed E-state index contributed by atoms with van der Waals surface area (Å²) in [6.45, 7) is 3.44. The van der Waals surface area contributed by atoms with Crippen molar-refractivity contribution in [2.45, 2.75) is 26.2 Å². The van der Waals surface area contributed by atoms with E-state index < -0.39 is 17.7 Å². The highest BCUT2D eigenvalue weighted by atomic mass is 19.1. The Hall–Kier alpha value is -1.58. The summed E-state index contributed by atoms with van der Waals surface area (Å²) in [6.07, 6.45) is 0.325. The minimum atomic E-state index is -1.04. The van der Waals surface area contributed by atoms with Crippen LogP contribution in [0, 0.1) is 12.7 Å². The maximum atomic E-state index is 13.8. The Morgan fingerprint density at radius 1 is 1.56 bits per heavy atom. The molecule has 0 saturated carbocycles. The van der Waals surface area contributed by atoms with Crippen LogP contribution >= 0.6 is 0 Å². The Morgan fingerprint density at radius 2 is 2.19 bits per heavy atom. The molecule has 1 aromatic rings. The Morgan fingerprint density at radius 3 is 2.62 bits per heavy atom. The average molecular weight is 226 g/mol. The molecule has 0 saturated heterocycles. The molecule has 1 N–H and O–H groups in total. The largest absolute Gasteiger partial charge is 0.496 e. The van der Waals surface area contributed by atoms with Crippen LogP contribution in [0.5, 0.6) is 5.75 Å². The molecule has 16 heavy (non-hydrogen) atoms. The van der Waals surface area contributed by atoms with E-state index in [0.717, 1.165) is 0 Å². The zero-order chi connectivity index (χ0) is 12.3. The topological polar surface area (TPSA) is 46.5 Å². The lowest BCUT2D eigenvalue weighted by Gasteiger charge is -2.16. The van der Waals surface area contributed by atoms with E-state index in [1.54, 1.807) is 19.9 Å². The number of carbonyl (C=O) groups is 1. The zero-order valence-electron chi connectivity index (χ0n) is 9.58. The van der Waals surface area contributed by atoms with E-state index in [4.69, 9.17) is 9.84 Å². The number of hydrogen-bond donors (Lipinski definition) is 1. The first-order chi connectivity index (χ1) is 7.51. The number of benzene rings is 1. The van der Waals surface area contributed by atoms with E-state index in [1.165, 1.54) is 13.2 Å². The van der Waals surface area contributed by atoms with Crippen molar-refractivity contribution < 1.29 is 19.0 Å². The number of aliphatic carboxylic acids is 1. The third-order valence-corrected chi connectivity index (χ3v) is 2.51. The van der Waals surface area contributed by atoms with Gasteiger partial charge in [-0.1, -0.05) is 6.92 Å². The molecule has 0 amide bonds. The molecule has 1 atom stereocenters. The van der Waals surface area contributed by atoms with E-state index in [9.17, 15) is 9.18 Å². The Kier molecular flexibility index (Phi) is 3.88. The molecule has 1 rings (SSSR count). The quantitative estimate of drug-likeness (QED) is 0.858. The van der Waals surface area contributed by atoms with Gasteiger partial charge in [0.15, 0.2) is 0 Å². The summed E-state index contributed by atoms with van der Waals surface area (Å²) in [4.78, 5) is 11.0. The summed E-state index contributed by atoms with van der Waals surface area (Å²) in [5.41, 5.74) is 0.835. The molecule has 0 aliphatic carbocycles. The number of carboxylic acids is 1. The fourth-order valence-corrected chi connectivity index (χ4v) is 1.73. The number of ether oxygens (including phenoxy) is 1. The molecule has 1 aromatic carbocycles. The molecule has 0 radical (unpaired) electrons. The van der Waals surface area contributed by atoms with Crippen LogP contribution in [-0.4, -0.2) is 18.2 Å². The van der Waals surface area contributed by atoms with E-state index in [-0.39, 0.29) is 5.56 Å². The maximum Gasteiger partial charge on any atom is 0.311 e. The van der Waals surface area contributed by atoms with Crippen LogP contribution < -0.4 is 4.74 Å². The number of aryl methyl sites for hydroxylation is 1. The van der Waals surface area contributed by atoms with Crippen LogP contribution in [0.15, 0.2) is 12.1 Å². The molecule has 1 unspecified atom stereocenters. The van der Waals surface area contributed by atoms with Crippen molar-refractivity contribution in [2.24, 2.45) is 0 Å². The van der Waals surface area contributed by atoms with Crippen molar-refractivity contribution in [3.8, 4) is 5.75 Å². The fourth-order valence-electron chi connectivity index (χ4n) is 1.73. The first kappa shape index (κ1) is 12.5. The van der Waals surface area contributed by atoms with Gasteiger partial charge in [0.05, 0.1) is 13.0 Å². The lowest BCUT2D eigenvalue weighted by molar-refractivity contribution is -0.139. The first-order valence-corrected chi connectivity index (χ1v) is 5.08. The molecule has 0 bridgehead atoms. The predicted octanol–water partition coefficient (Wildman–Crippen LogP) is 2.72. The summed E-state index contributed by atoms with van der Waals surface area (Å²) in [5.74, 6) is -2.13. The van der Waals surface area contributed by atoms with E-state index >= 15 is 0 Å². The Balaban J connectivity index is 3.35. The van der Waals surface area contributed by atoms with E-state index in [1.807, 2.05) is 0 Å². The molecule has 4 heteroatoms. The number of halogens is 1. The molecule has 0 aliphatic rings. The van der Waals surface area contributed by atoms with Gasteiger partial charge in [-0.2, -0.15) is 0 Å². The number of methoxy groups -OCH3 is 1. The lowest BCUT2D eigenvalue weighted by Crippen LogP contribution is -2.13. The first-order valence-electron chi connectivity index (χ1n) is 5.08. The maximum absolute atomic E-state index is 13.8. The summed E-state index contributed by atoms with van der Waals surface area (Å²) in [5, 5.41) is 9.02. The minimum absolute atomic E-state index is 0.128. The van der Waals surface area contributed by atoms with Crippen molar-refractivity contribution in [2.75, 3.05) is 7.11 Å². The van der Waals surface area contributed by atoms with Crippen molar-refractivity contribution >= 4 is 5.97 Å². The third kappa shape index (κ3) is 2.32. The SMILES string of the molecule is CCC(C(=O)O)c1c(F)cc(C)cc1OC. The number of rotatable bonds is 4. The Labute approximate surface area is 93.9 Å². The van der Waals surface area contributed by atoms with Gasteiger partial charge in [-0.15, -0.1) is 0 Å². The second-order valence-electron chi connectivity index (χ2n) is 3.66. The molecular weight excluding hydrogens is 211 g/mol. The fraction of sp³-hybridized carbons (Fsp3) is 0.417. The van der Waals surface area contributed by atoms with Crippen LogP contribution in [0.25, 0.3) is 0 Å². The molecule has 0 spiro atoms. The standard InChI is InChI=1S/C12H15FO3/c1-4-8(12(14)15)11-9(13)5-7(2)6-10(11)16-3/h5-6,8H,4H2,1-3H3,(H,14,15). The normalized spacial score (nSPS) is 12.2. The molecule has 3 nitrogen and oxygen atoms in total. The molecule has 0 heterocycles. The second kappa shape index (κ2) is 4.96. The highest BCUT2D eigenvalue weighted by Crippen LogP contribution is 2.32. The van der Waals surface area contributed by atoms with E-state index in [2.05, 4.69) is 0 Å². The van der Waals surface area contributed by atoms with E-state index in [0.29, 0.717) is 17.7 Å². The van der Waals surface area contributed by atoms with Crippen molar-refractivity contribution in [3.05, 3.63) is 29.1 Å². The van der Waals surface area contributed by atoms with Crippen LogP contribution in [-0.2, 0) is 4.79 Å². The number of hydrogen-bond acceptors (Lipinski definition) is 2. The highest BCUT2D eigenvalue weighted by molar-refractivity contribution is 5.77. The van der Waals surface area contributed by atoms with Gasteiger partial charge >= 0.3 is 5.97 Å². The third-order valence-electron chi connectivity index (χ3n) is 2.51. The van der Waals surface area contributed by atoms with Gasteiger partial charge in [0, 0.05) is 5.56 Å². The van der Waals surface area contributed by atoms with Crippen LogP contribution in [0.2, 0.25) is 0 Å².